The van der Waals surface area contributed by atoms with Gasteiger partial charge >= 0.3 is 0 Å². The molecule has 1 aromatic heterocycles. The molecule has 3 aromatic rings. The van der Waals surface area contributed by atoms with Crippen LogP contribution in [0.5, 0.6) is 0 Å². The normalized spacial score (nSPS) is 17.6. The van der Waals surface area contributed by atoms with Gasteiger partial charge < -0.3 is 4.74 Å². The lowest BCUT2D eigenvalue weighted by Crippen LogP contribution is -2.17. The van der Waals surface area contributed by atoms with Crippen molar-refractivity contribution in [3.63, 3.8) is 0 Å². The van der Waals surface area contributed by atoms with Gasteiger partial charge in [0.15, 0.2) is 0 Å². The summed E-state index contributed by atoms with van der Waals surface area (Å²) in [6.45, 7) is 3.50. The number of rotatable bonds is 5. The first-order chi connectivity index (χ1) is 13.7. The zero-order valence-electron chi connectivity index (χ0n) is 15.7. The van der Waals surface area contributed by atoms with Gasteiger partial charge in [-0.15, -0.1) is 11.3 Å². The number of hydrogen-bond donors (Lipinski definition) is 0. The summed E-state index contributed by atoms with van der Waals surface area (Å²) in [5, 5.41) is 6.73. The highest BCUT2D eigenvalue weighted by Gasteiger charge is 2.15. The van der Waals surface area contributed by atoms with E-state index in [2.05, 4.69) is 13.0 Å². The van der Waals surface area contributed by atoms with Crippen molar-refractivity contribution < 1.29 is 9.13 Å². The van der Waals surface area contributed by atoms with E-state index < -0.39 is 0 Å². The highest BCUT2D eigenvalue weighted by atomic mass is 32.1. The van der Waals surface area contributed by atoms with Crippen LogP contribution in [0.25, 0.3) is 11.3 Å². The Morgan fingerprint density at radius 1 is 1.21 bits per heavy atom. The van der Waals surface area contributed by atoms with Crippen LogP contribution in [-0.4, -0.2) is 30.1 Å². The smallest absolute Gasteiger partial charge is 0.206 e. The van der Waals surface area contributed by atoms with E-state index in [-0.39, 0.29) is 11.9 Å². The molecule has 0 saturated carbocycles. The van der Waals surface area contributed by atoms with Crippen LogP contribution in [0.15, 0.2) is 64.0 Å². The number of hydrogen-bond acceptors (Lipinski definition) is 4. The van der Waals surface area contributed by atoms with E-state index in [0.717, 1.165) is 46.6 Å². The third kappa shape index (κ3) is 4.29. The number of aromatic nitrogens is 1. The standard InChI is InChI=1S/C22H22FN3OS/c1-16-5-2-3-6-18(16)13-25-26-21(17-8-10-19(23)11-9-17)15-28-22(26)24-14-20-7-4-12-27-20/h2-3,5-6,8-11,13,15,20H,4,7,12,14H2,1H3/b24-22?,25-13-/t20-/m1/s1. The Morgan fingerprint density at radius 2 is 2.04 bits per heavy atom. The number of nitrogens with zero attached hydrogens (tertiary/aromatic N) is 3. The van der Waals surface area contributed by atoms with Crippen LogP contribution in [0.4, 0.5) is 4.39 Å². The molecule has 1 aliphatic heterocycles. The first-order valence-corrected chi connectivity index (χ1v) is 10.3. The molecular weight excluding hydrogens is 373 g/mol. The lowest BCUT2D eigenvalue weighted by atomic mass is 10.1. The second-order valence-corrected chi connectivity index (χ2v) is 7.64. The molecule has 2 aromatic carbocycles. The summed E-state index contributed by atoms with van der Waals surface area (Å²) in [4.78, 5) is 5.56. The van der Waals surface area contributed by atoms with Gasteiger partial charge in [-0.2, -0.15) is 5.10 Å². The van der Waals surface area contributed by atoms with Crippen molar-refractivity contribution in [2.75, 3.05) is 13.2 Å². The van der Waals surface area contributed by atoms with Crippen LogP contribution in [0, 0.1) is 12.7 Å². The minimum atomic E-state index is -0.253. The van der Waals surface area contributed by atoms with Crippen molar-refractivity contribution in [3.8, 4) is 11.3 Å². The Kier molecular flexibility index (Phi) is 5.78. The first-order valence-electron chi connectivity index (χ1n) is 9.39. The van der Waals surface area contributed by atoms with Gasteiger partial charge in [0, 0.05) is 17.6 Å². The summed E-state index contributed by atoms with van der Waals surface area (Å²) >= 11 is 1.53. The lowest BCUT2D eigenvalue weighted by molar-refractivity contribution is 0.117. The second kappa shape index (κ2) is 8.63. The van der Waals surface area contributed by atoms with Crippen LogP contribution in [-0.2, 0) is 4.74 Å². The average molecular weight is 396 g/mol. The zero-order valence-corrected chi connectivity index (χ0v) is 16.5. The van der Waals surface area contributed by atoms with Crippen molar-refractivity contribution in [1.29, 1.82) is 0 Å². The van der Waals surface area contributed by atoms with Gasteiger partial charge in [0.1, 0.15) is 5.82 Å². The van der Waals surface area contributed by atoms with Crippen molar-refractivity contribution in [2.45, 2.75) is 25.9 Å². The predicted molar refractivity (Wildman–Crippen MR) is 111 cm³/mol. The molecule has 1 aliphatic rings. The maximum atomic E-state index is 13.3. The molecule has 1 fully saturated rings. The molecule has 1 saturated heterocycles. The zero-order chi connectivity index (χ0) is 19.3. The molecule has 6 heteroatoms. The lowest BCUT2D eigenvalue weighted by Gasteiger charge is -2.06. The molecule has 144 valence electrons. The van der Waals surface area contributed by atoms with Crippen LogP contribution >= 0.6 is 11.3 Å². The number of halogens is 1. The Labute approximate surface area is 167 Å². The number of thiazole rings is 1. The fourth-order valence-corrected chi connectivity index (χ4v) is 4.01. The summed E-state index contributed by atoms with van der Waals surface area (Å²) in [5.74, 6) is -0.253. The third-order valence-corrected chi connectivity index (χ3v) is 5.63. The quantitative estimate of drug-likeness (QED) is 0.581. The van der Waals surface area contributed by atoms with Gasteiger partial charge in [-0.25, -0.2) is 9.07 Å². The fourth-order valence-electron chi connectivity index (χ4n) is 3.16. The predicted octanol–water partition coefficient (Wildman–Crippen LogP) is 4.63. The Balaban J connectivity index is 1.73. The third-order valence-electron chi connectivity index (χ3n) is 4.78. The maximum Gasteiger partial charge on any atom is 0.206 e. The van der Waals surface area contributed by atoms with E-state index >= 15 is 0 Å². The first kappa shape index (κ1) is 18.8. The molecule has 4 nitrogen and oxygen atoms in total. The molecule has 0 radical (unpaired) electrons. The SMILES string of the molecule is Cc1ccccc1/C=N\n1c(-c2ccc(F)cc2)csc1=NC[C@H]1CCCO1. The molecule has 0 bridgehead atoms. The van der Waals surface area contributed by atoms with Crippen molar-refractivity contribution >= 4 is 17.6 Å². The summed E-state index contributed by atoms with van der Waals surface area (Å²) < 4.78 is 20.9. The van der Waals surface area contributed by atoms with Crippen LogP contribution in [0.2, 0.25) is 0 Å². The Morgan fingerprint density at radius 3 is 2.79 bits per heavy atom. The summed E-state index contributed by atoms with van der Waals surface area (Å²) in [5.41, 5.74) is 4.00. The molecular formula is C22H22FN3OS. The van der Waals surface area contributed by atoms with Gasteiger partial charge in [0.05, 0.1) is 24.6 Å². The molecule has 0 unspecified atom stereocenters. The molecule has 2 heterocycles. The second-order valence-electron chi connectivity index (χ2n) is 6.80. The Bertz CT molecular complexity index is 1030. The Hall–Kier alpha value is -2.57. The van der Waals surface area contributed by atoms with E-state index in [1.807, 2.05) is 34.5 Å². The fraction of sp³-hybridized carbons (Fsp3) is 0.273. The summed E-state index contributed by atoms with van der Waals surface area (Å²) in [6, 6.07) is 14.6. The van der Waals surface area contributed by atoms with Gasteiger partial charge in [0.2, 0.25) is 4.80 Å². The van der Waals surface area contributed by atoms with Crippen LogP contribution < -0.4 is 4.80 Å². The number of ether oxygens (including phenoxy) is 1. The molecule has 1 atom stereocenters. The van der Waals surface area contributed by atoms with Crippen molar-refractivity contribution in [3.05, 3.63) is 75.7 Å². The minimum absolute atomic E-state index is 0.185. The summed E-state index contributed by atoms with van der Waals surface area (Å²) in [7, 11) is 0. The van der Waals surface area contributed by atoms with Crippen molar-refractivity contribution in [1.82, 2.24) is 4.68 Å². The van der Waals surface area contributed by atoms with Crippen LogP contribution in [0.3, 0.4) is 0 Å². The van der Waals surface area contributed by atoms with Gasteiger partial charge in [-0.3, -0.25) is 4.99 Å². The largest absolute Gasteiger partial charge is 0.376 e. The van der Waals surface area contributed by atoms with Gasteiger partial charge in [0.25, 0.3) is 0 Å². The maximum absolute atomic E-state index is 13.3. The average Bonchev–Trinajstić information content (AvgIpc) is 3.36. The van der Waals surface area contributed by atoms with Gasteiger partial charge in [-0.05, 0) is 55.2 Å². The minimum Gasteiger partial charge on any atom is -0.376 e. The molecule has 4 rings (SSSR count). The molecule has 0 N–H and O–H groups in total. The topological polar surface area (TPSA) is 38.9 Å². The highest BCUT2D eigenvalue weighted by Crippen LogP contribution is 2.21. The van der Waals surface area contributed by atoms with E-state index in [0.29, 0.717) is 6.54 Å². The van der Waals surface area contributed by atoms with E-state index in [9.17, 15) is 4.39 Å². The molecule has 0 spiro atoms. The van der Waals surface area contributed by atoms with E-state index in [1.165, 1.54) is 23.5 Å². The highest BCUT2D eigenvalue weighted by molar-refractivity contribution is 7.07. The number of aryl methyl sites for hydroxylation is 1. The van der Waals surface area contributed by atoms with Gasteiger partial charge in [-0.1, -0.05) is 24.3 Å². The molecule has 0 aliphatic carbocycles. The van der Waals surface area contributed by atoms with Crippen LogP contribution in [0.1, 0.15) is 24.0 Å². The molecule has 0 amide bonds. The molecule has 28 heavy (non-hydrogen) atoms. The van der Waals surface area contributed by atoms with Crippen molar-refractivity contribution in [2.24, 2.45) is 10.1 Å². The summed E-state index contributed by atoms with van der Waals surface area (Å²) in [6.07, 6.45) is 4.17. The van der Waals surface area contributed by atoms with E-state index in [4.69, 9.17) is 14.8 Å². The van der Waals surface area contributed by atoms with E-state index in [1.54, 1.807) is 12.1 Å². The monoisotopic (exact) mass is 395 g/mol. The number of benzene rings is 2.